The molecule has 0 heterocycles. The highest BCUT2D eigenvalue weighted by atomic mass is 16.1. The van der Waals surface area contributed by atoms with Crippen molar-refractivity contribution in [2.75, 3.05) is 0 Å². The van der Waals surface area contributed by atoms with E-state index in [2.05, 4.69) is 0 Å². The molecule has 0 aromatic heterocycles. The maximum absolute atomic E-state index is 13.5. The van der Waals surface area contributed by atoms with E-state index in [0.717, 1.165) is 33.4 Å². The zero-order valence-electron chi connectivity index (χ0n) is 18.4. The zero-order chi connectivity index (χ0) is 23.1. The molecule has 0 saturated carbocycles. The van der Waals surface area contributed by atoms with Crippen LogP contribution in [0.5, 0.6) is 0 Å². The summed E-state index contributed by atoms with van der Waals surface area (Å²) >= 11 is 0. The van der Waals surface area contributed by atoms with Gasteiger partial charge in [0.05, 0.1) is 0 Å². The summed E-state index contributed by atoms with van der Waals surface area (Å²) < 4.78 is 0. The van der Waals surface area contributed by atoms with Crippen molar-refractivity contribution in [3.05, 3.63) is 155 Å². The van der Waals surface area contributed by atoms with Crippen LogP contribution in [0.2, 0.25) is 0 Å². The summed E-state index contributed by atoms with van der Waals surface area (Å²) in [4.78, 5) is 26.9. The molecule has 0 aliphatic heterocycles. The van der Waals surface area contributed by atoms with Crippen molar-refractivity contribution in [1.29, 1.82) is 0 Å². The highest BCUT2D eigenvalue weighted by molar-refractivity contribution is 6.38. The van der Waals surface area contributed by atoms with Gasteiger partial charge in [-0.05, 0) is 45.6 Å². The molecule has 2 nitrogen and oxygen atoms in total. The predicted octanol–water partition coefficient (Wildman–Crippen LogP) is 7.16. The second-order valence-corrected chi connectivity index (χ2v) is 8.42. The van der Waals surface area contributed by atoms with E-state index < -0.39 is 0 Å². The smallest absolute Gasteiger partial charge is 0.194 e. The van der Waals surface area contributed by atoms with Gasteiger partial charge in [0.15, 0.2) is 11.6 Å². The van der Waals surface area contributed by atoms with Gasteiger partial charge in [-0.2, -0.15) is 0 Å². The fraction of sp³-hybridized carbons (Fsp3) is 0. The number of ketones is 2. The highest BCUT2D eigenvalue weighted by Gasteiger charge is 2.30. The SMILES string of the molecule is O=C1C(c2ccccc2)=CC(=C2C=C(c3ccccc3)C(=O)c3ccccc32)c2ccccc21. The molecule has 4 aromatic rings. The minimum Gasteiger partial charge on any atom is -0.289 e. The lowest BCUT2D eigenvalue weighted by atomic mass is 9.77. The molecule has 6 rings (SSSR count). The molecule has 0 radical (unpaired) electrons. The minimum atomic E-state index is 0.0126. The van der Waals surface area contributed by atoms with Gasteiger partial charge >= 0.3 is 0 Å². The maximum atomic E-state index is 13.5. The van der Waals surface area contributed by atoms with Gasteiger partial charge < -0.3 is 0 Å². The van der Waals surface area contributed by atoms with Gasteiger partial charge in [-0.25, -0.2) is 0 Å². The predicted molar refractivity (Wildman–Crippen MR) is 137 cm³/mol. The Bertz CT molecular complexity index is 1430. The van der Waals surface area contributed by atoms with Gasteiger partial charge in [-0.3, -0.25) is 9.59 Å². The van der Waals surface area contributed by atoms with E-state index in [-0.39, 0.29) is 11.6 Å². The molecule has 2 aliphatic rings. The van der Waals surface area contributed by atoms with Crippen molar-refractivity contribution in [2.24, 2.45) is 0 Å². The van der Waals surface area contributed by atoms with Crippen LogP contribution in [0, 0.1) is 0 Å². The lowest BCUT2D eigenvalue weighted by Crippen LogP contribution is -2.15. The van der Waals surface area contributed by atoms with Crippen LogP contribution in [0.4, 0.5) is 0 Å². The third-order valence-electron chi connectivity index (χ3n) is 6.45. The van der Waals surface area contributed by atoms with E-state index >= 15 is 0 Å². The monoisotopic (exact) mass is 436 g/mol. The number of hydrogen-bond donors (Lipinski definition) is 0. The molecular weight excluding hydrogens is 416 g/mol. The average molecular weight is 437 g/mol. The molecule has 0 fully saturated rings. The topological polar surface area (TPSA) is 34.1 Å². The van der Waals surface area contributed by atoms with Crippen molar-refractivity contribution >= 4 is 33.9 Å². The summed E-state index contributed by atoms with van der Waals surface area (Å²) in [7, 11) is 0. The van der Waals surface area contributed by atoms with E-state index in [1.54, 1.807) is 0 Å². The van der Waals surface area contributed by atoms with E-state index in [0.29, 0.717) is 22.3 Å². The molecule has 4 aromatic carbocycles. The molecule has 34 heavy (non-hydrogen) atoms. The summed E-state index contributed by atoms with van der Waals surface area (Å²) in [5.74, 6) is 0.0252. The van der Waals surface area contributed by atoms with Crippen LogP contribution in [0.1, 0.15) is 43.0 Å². The Morgan fingerprint density at radius 1 is 0.353 bits per heavy atom. The normalized spacial score (nSPS) is 16.9. The van der Waals surface area contributed by atoms with Gasteiger partial charge in [0, 0.05) is 22.3 Å². The van der Waals surface area contributed by atoms with Crippen LogP contribution >= 0.6 is 0 Å². The first-order valence-electron chi connectivity index (χ1n) is 11.3. The van der Waals surface area contributed by atoms with E-state index in [1.165, 1.54) is 0 Å². The Kier molecular flexibility index (Phi) is 4.78. The Morgan fingerprint density at radius 3 is 1.06 bits per heavy atom. The zero-order valence-corrected chi connectivity index (χ0v) is 18.4. The Labute approximate surface area is 198 Å². The summed E-state index contributed by atoms with van der Waals surface area (Å²) in [5.41, 5.74) is 8.09. The van der Waals surface area contributed by atoms with Gasteiger partial charge in [0.2, 0.25) is 0 Å². The van der Waals surface area contributed by atoms with E-state index in [9.17, 15) is 9.59 Å². The third kappa shape index (κ3) is 3.20. The van der Waals surface area contributed by atoms with Crippen LogP contribution in [-0.4, -0.2) is 11.6 Å². The molecule has 0 amide bonds. The molecule has 0 saturated heterocycles. The minimum absolute atomic E-state index is 0.0126. The molecule has 2 heteroatoms. The van der Waals surface area contributed by atoms with Crippen molar-refractivity contribution in [3.63, 3.8) is 0 Å². The number of carbonyl (C=O) groups excluding carboxylic acids is 2. The van der Waals surface area contributed by atoms with Crippen LogP contribution < -0.4 is 0 Å². The van der Waals surface area contributed by atoms with Crippen molar-refractivity contribution in [1.82, 2.24) is 0 Å². The fourth-order valence-corrected chi connectivity index (χ4v) is 4.81. The van der Waals surface area contributed by atoms with Gasteiger partial charge in [0.25, 0.3) is 0 Å². The summed E-state index contributed by atoms with van der Waals surface area (Å²) in [6.45, 7) is 0. The lowest BCUT2D eigenvalue weighted by molar-refractivity contribution is 0.104. The average Bonchev–Trinajstić information content (AvgIpc) is 2.91. The van der Waals surface area contributed by atoms with E-state index in [4.69, 9.17) is 0 Å². The molecule has 0 atom stereocenters. The highest BCUT2D eigenvalue weighted by Crippen LogP contribution is 2.43. The van der Waals surface area contributed by atoms with Gasteiger partial charge in [-0.15, -0.1) is 0 Å². The number of allylic oxidation sites excluding steroid dienone is 6. The molecule has 160 valence electrons. The quantitative estimate of drug-likeness (QED) is 0.334. The maximum Gasteiger partial charge on any atom is 0.194 e. The molecule has 0 spiro atoms. The summed E-state index contributed by atoms with van der Waals surface area (Å²) in [6.07, 6.45) is 3.97. The first-order chi connectivity index (χ1) is 16.7. The molecule has 0 unspecified atom stereocenters. The Hall–Kier alpha value is -4.56. The Balaban J connectivity index is 1.70. The van der Waals surface area contributed by atoms with Crippen LogP contribution in [-0.2, 0) is 0 Å². The number of rotatable bonds is 2. The fourth-order valence-electron chi connectivity index (χ4n) is 4.81. The first kappa shape index (κ1) is 20.1. The Morgan fingerprint density at radius 2 is 0.676 bits per heavy atom. The summed E-state index contributed by atoms with van der Waals surface area (Å²) in [6, 6.07) is 35.0. The number of Topliss-reactive ketones (excluding diaryl/α,β-unsaturated/α-hetero) is 2. The molecule has 2 aliphatic carbocycles. The number of benzene rings is 4. The van der Waals surface area contributed by atoms with E-state index in [1.807, 2.05) is 121 Å². The second kappa shape index (κ2) is 8.09. The van der Waals surface area contributed by atoms with Crippen LogP contribution in [0.3, 0.4) is 0 Å². The largest absolute Gasteiger partial charge is 0.289 e. The second-order valence-electron chi connectivity index (χ2n) is 8.42. The third-order valence-corrected chi connectivity index (χ3v) is 6.45. The lowest BCUT2D eigenvalue weighted by Gasteiger charge is -2.25. The van der Waals surface area contributed by atoms with Crippen molar-refractivity contribution < 1.29 is 9.59 Å². The summed E-state index contributed by atoms with van der Waals surface area (Å²) in [5, 5.41) is 0. The first-order valence-corrected chi connectivity index (χ1v) is 11.3. The molecule has 0 N–H and O–H groups in total. The number of hydrogen-bond acceptors (Lipinski definition) is 2. The number of carbonyl (C=O) groups is 2. The van der Waals surface area contributed by atoms with Gasteiger partial charge in [-0.1, -0.05) is 109 Å². The van der Waals surface area contributed by atoms with Crippen molar-refractivity contribution in [2.45, 2.75) is 0 Å². The van der Waals surface area contributed by atoms with Crippen LogP contribution in [0.25, 0.3) is 22.3 Å². The number of fused-ring (bicyclic) bond motifs is 2. The standard InChI is InChI=1S/C32H20O2/c33-31-25-17-9-7-15-23(25)29(19-27(31)21-11-3-1-4-12-21)30-20-28(22-13-5-2-6-14-22)32(34)26-18-10-8-16-24(26)30/h1-20H. The van der Waals surface area contributed by atoms with Crippen molar-refractivity contribution in [3.8, 4) is 0 Å². The molecule has 0 bridgehead atoms. The van der Waals surface area contributed by atoms with Gasteiger partial charge in [0.1, 0.15) is 0 Å². The van der Waals surface area contributed by atoms with Crippen LogP contribution in [0.15, 0.2) is 121 Å². The molecular formula is C32H20O2.